The summed E-state index contributed by atoms with van der Waals surface area (Å²) >= 11 is 1.29. The van der Waals surface area contributed by atoms with Crippen LogP contribution in [-0.2, 0) is 9.53 Å². The monoisotopic (exact) mass is 359 g/mol. The van der Waals surface area contributed by atoms with Crippen molar-refractivity contribution in [2.45, 2.75) is 6.42 Å². The minimum atomic E-state index is -0.357. The summed E-state index contributed by atoms with van der Waals surface area (Å²) in [4.78, 5) is 29.0. The average molecular weight is 359 g/mol. The topological polar surface area (TPSA) is 81.9 Å². The molecular formula is C17H17N3O4S. The Labute approximate surface area is 148 Å². The third-order valence-electron chi connectivity index (χ3n) is 3.59. The highest BCUT2D eigenvalue weighted by Crippen LogP contribution is 2.26. The van der Waals surface area contributed by atoms with E-state index in [2.05, 4.69) is 15.0 Å². The SMILES string of the molecule is COC(=O)CCNC(=O)c1cn2cc(-c3cccc(OC)c3)nc2s1. The van der Waals surface area contributed by atoms with Gasteiger partial charge in [-0.25, -0.2) is 4.98 Å². The Morgan fingerprint density at radius 2 is 2.12 bits per heavy atom. The van der Waals surface area contributed by atoms with E-state index in [4.69, 9.17) is 4.74 Å². The Morgan fingerprint density at radius 1 is 1.28 bits per heavy atom. The summed E-state index contributed by atoms with van der Waals surface area (Å²) in [6, 6.07) is 7.64. The van der Waals surface area contributed by atoms with Crippen LogP contribution in [-0.4, -0.2) is 42.0 Å². The number of esters is 1. The molecule has 7 nitrogen and oxygen atoms in total. The zero-order valence-corrected chi connectivity index (χ0v) is 14.6. The molecule has 1 amide bonds. The van der Waals surface area contributed by atoms with Gasteiger partial charge in [0.2, 0.25) is 0 Å². The summed E-state index contributed by atoms with van der Waals surface area (Å²) in [6.45, 7) is 0.237. The van der Waals surface area contributed by atoms with E-state index in [1.807, 2.05) is 34.9 Å². The molecule has 25 heavy (non-hydrogen) atoms. The minimum Gasteiger partial charge on any atom is -0.497 e. The Kier molecular flexibility index (Phi) is 4.99. The summed E-state index contributed by atoms with van der Waals surface area (Å²) in [5.74, 6) is 0.172. The van der Waals surface area contributed by atoms with Crippen molar-refractivity contribution in [3.63, 3.8) is 0 Å². The molecule has 0 spiro atoms. The van der Waals surface area contributed by atoms with Gasteiger partial charge in [-0.2, -0.15) is 0 Å². The van der Waals surface area contributed by atoms with Crippen molar-refractivity contribution in [3.05, 3.63) is 41.5 Å². The molecule has 0 unspecified atom stereocenters. The van der Waals surface area contributed by atoms with Gasteiger partial charge >= 0.3 is 5.97 Å². The van der Waals surface area contributed by atoms with Gasteiger partial charge in [-0.3, -0.25) is 14.0 Å². The van der Waals surface area contributed by atoms with Crippen LogP contribution < -0.4 is 10.1 Å². The summed E-state index contributed by atoms with van der Waals surface area (Å²) in [5, 5.41) is 2.69. The maximum absolute atomic E-state index is 12.1. The minimum absolute atomic E-state index is 0.144. The number of fused-ring (bicyclic) bond motifs is 1. The molecule has 0 aliphatic heterocycles. The largest absolute Gasteiger partial charge is 0.497 e. The third kappa shape index (κ3) is 3.80. The predicted molar refractivity (Wildman–Crippen MR) is 94.0 cm³/mol. The zero-order chi connectivity index (χ0) is 17.8. The Bertz CT molecular complexity index is 884. The van der Waals surface area contributed by atoms with Crippen molar-refractivity contribution >= 4 is 28.2 Å². The highest BCUT2D eigenvalue weighted by molar-refractivity contribution is 7.18. The molecule has 2 aromatic heterocycles. The number of thiazole rings is 1. The lowest BCUT2D eigenvalue weighted by molar-refractivity contribution is -0.140. The van der Waals surface area contributed by atoms with E-state index in [0.29, 0.717) is 4.88 Å². The van der Waals surface area contributed by atoms with Crippen molar-refractivity contribution in [1.29, 1.82) is 0 Å². The maximum atomic E-state index is 12.1. The van der Waals surface area contributed by atoms with E-state index in [0.717, 1.165) is 22.0 Å². The van der Waals surface area contributed by atoms with Gasteiger partial charge in [-0.1, -0.05) is 23.5 Å². The molecule has 130 valence electrons. The second-order valence-corrected chi connectivity index (χ2v) is 6.23. The molecule has 0 atom stereocenters. The third-order valence-corrected chi connectivity index (χ3v) is 4.58. The Balaban J connectivity index is 1.73. The molecule has 0 aliphatic carbocycles. The van der Waals surface area contributed by atoms with Gasteiger partial charge in [0.25, 0.3) is 5.91 Å². The molecule has 0 fully saturated rings. The highest BCUT2D eigenvalue weighted by atomic mass is 32.1. The number of nitrogens with zero attached hydrogens (tertiary/aromatic N) is 2. The van der Waals surface area contributed by atoms with Gasteiger partial charge < -0.3 is 14.8 Å². The van der Waals surface area contributed by atoms with E-state index in [9.17, 15) is 9.59 Å². The van der Waals surface area contributed by atoms with Gasteiger partial charge in [0.05, 0.1) is 26.3 Å². The smallest absolute Gasteiger partial charge is 0.307 e. The molecule has 1 N–H and O–H groups in total. The van der Waals surface area contributed by atoms with Crippen LogP contribution in [0.3, 0.4) is 0 Å². The van der Waals surface area contributed by atoms with Gasteiger partial charge in [-0.15, -0.1) is 0 Å². The lowest BCUT2D eigenvalue weighted by atomic mass is 10.1. The van der Waals surface area contributed by atoms with Crippen LogP contribution in [0.15, 0.2) is 36.7 Å². The molecule has 0 radical (unpaired) electrons. The average Bonchev–Trinajstić information content (AvgIpc) is 3.20. The summed E-state index contributed by atoms with van der Waals surface area (Å²) < 4.78 is 11.6. The van der Waals surface area contributed by atoms with Crippen LogP contribution in [0, 0.1) is 0 Å². The lowest BCUT2D eigenvalue weighted by Gasteiger charge is -2.02. The molecule has 3 rings (SSSR count). The van der Waals surface area contributed by atoms with Crippen LogP contribution in [0.1, 0.15) is 16.1 Å². The standard InChI is InChI=1S/C17H17N3O4S/c1-23-12-5-3-4-11(8-12)13-9-20-10-14(25-17(20)19-13)16(22)18-7-6-15(21)24-2/h3-5,8-10H,6-7H2,1-2H3,(H,18,22). The quantitative estimate of drug-likeness (QED) is 0.683. The highest BCUT2D eigenvalue weighted by Gasteiger charge is 2.14. The molecular weight excluding hydrogens is 342 g/mol. The van der Waals surface area contributed by atoms with Crippen LogP contribution >= 0.6 is 11.3 Å². The van der Waals surface area contributed by atoms with Crippen LogP contribution in [0.25, 0.3) is 16.2 Å². The number of benzene rings is 1. The van der Waals surface area contributed by atoms with Crippen molar-refractivity contribution in [2.75, 3.05) is 20.8 Å². The molecule has 0 saturated heterocycles. The van der Waals surface area contributed by atoms with E-state index in [1.54, 1.807) is 13.3 Å². The number of nitrogens with one attached hydrogen (secondary N) is 1. The number of rotatable bonds is 6. The summed E-state index contributed by atoms with van der Waals surface area (Å²) in [6.07, 6.45) is 3.74. The van der Waals surface area contributed by atoms with Crippen molar-refractivity contribution in [2.24, 2.45) is 0 Å². The Hall–Kier alpha value is -2.87. The van der Waals surface area contributed by atoms with E-state index in [-0.39, 0.29) is 24.8 Å². The second kappa shape index (κ2) is 7.35. The Morgan fingerprint density at radius 3 is 2.84 bits per heavy atom. The molecule has 2 heterocycles. The fraction of sp³-hybridized carbons (Fsp3) is 0.235. The first-order valence-corrected chi connectivity index (χ1v) is 8.40. The first kappa shape index (κ1) is 17.0. The van der Waals surface area contributed by atoms with Crippen molar-refractivity contribution < 1.29 is 19.1 Å². The van der Waals surface area contributed by atoms with Crippen LogP contribution in [0.5, 0.6) is 5.75 Å². The first-order valence-electron chi connectivity index (χ1n) is 7.58. The summed E-state index contributed by atoms with van der Waals surface area (Å²) in [7, 11) is 2.94. The van der Waals surface area contributed by atoms with Gasteiger partial charge in [0, 0.05) is 24.5 Å². The summed E-state index contributed by atoms with van der Waals surface area (Å²) in [5.41, 5.74) is 1.75. The maximum Gasteiger partial charge on any atom is 0.307 e. The number of imidazole rings is 1. The van der Waals surface area contributed by atoms with Crippen LogP contribution in [0.2, 0.25) is 0 Å². The lowest BCUT2D eigenvalue weighted by Crippen LogP contribution is -2.25. The normalized spacial score (nSPS) is 10.6. The predicted octanol–water partition coefficient (Wildman–Crippen LogP) is 2.36. The molecule has 8 heteroatoms. The van der Waals surface area contributed by atoms with Gasteiger partial charge in [0.15, 0.2) is 4.96 Å². The van der Waals surface area contributed by atoms with E-state index >= 15 is 0 Å². The van der Waals surface area contributed by atoms with Crippen molar-refractivity contribution in [1.82, 2.24) is 14.7 Å². The number of hydrogen-bond donors (Lipinski definition) is 1. The number of amides is 1. The first-order chi connectivity index (χ1) is 12.1. The van der Waals surface area contributed by atoms with Crippen LogP contribution in [0.4, 0.5) is 0 Å². The van der Waals surface area contributed by atoms with E-state index in [1.165, 1.54) is 18.4 Å². The number of methoxy groups -OCH3 is 2. The second-order valence-electron chi connectivity index (χ2n) is 5.23. The number of carbonyl (C=O) groups is 2. The van der Waals surface area contributed by atoms with Gasteiger partial charge in [0.1, 0.15) is 10.6 Å². The number of ether oxygens (including phenoxy) is 2. The molecule has 0 saturated carbocycles. The van der Waals surface area contributed by atoms with E-state index < -0.39 is 0 Å². The van der Waals surface area contributed by atoms with Crippen molar-refractivity contribution in [3.8, 4) is 17.0 Å². The number of aromatic nitrogens is 2. The molecule has 0 aliphatic rings. The number of hydrogen-bond acceptors (Lipinski definition) is 6. The fourth-order valence-corrected chi connectivity index (χ4v) is 3.17. The zero-order valence-electron chi connectivity index (χ0n) is 13.8. The molecule has 3 aromatic rings. The molecule has 0 bridgehead atoms. The molecule has 1 aromatic carbocycles. The van der Waals surface area contributed by atoms with Gasteiger partial charge in [-0.05, 0) is 12.1 Å². The number of carbonyl (C=O) groups excluding carboxylic acids is 2. The fourth-order valence-electron chi connectivity index (χ4n) is 2.29.